The largest absolute Gasteiger partial charge is 0.354 e. The highest BCUT2D eigenvalue weighted by Crippen LogP contribution is 2.27. The molecular formula is C14H21N3O2S. The van der Waals surface area contributed by atoms with Crippen molar-refractivity contribution in [3.05, 3.63) is 22.9 Å². The minimum Gasteiger partial charge on any atom is -0.354 e. The second-order valence-electron chi connectivity index (χ2n) is 5.63. The minimum absolute atomic E-state index is 0.218. The summed E-state index contributed by atoms with van der Waals surface area (Å²) in [7, 11) is -2.86. The van der Waals surface area contributed by atoms with Crippen molar-refractivity contribution in [3.63, 3.8) is 0 Å². The van der Waals surface area contributed by atoms with Gasteiger partial charge in [-0.3, -0.25) is 0 Å². The lowest BCUT2D eigenvalue weighted by molar-refractivity contribution is 0.585. The highest BCUT2D eigenvalue weighted by atomic mass is 32.2. The number of sulfone groups is 1. The fourth-order valence-electron chi connectivity index (χ4n) is 3.02. The molecule has 0 amide bonds. The fraction of sp³-hybridized carbons (Fsp3) is 0.643. The molecule has 0 spiro atoms. The Bertz CT molecular complexity index is 599. The van der Waals surface area contributed by atoms with Crippen LogP contribution in [0, 0.1) is 0 Å². The van der Waals surface area contributed by atoms with Crippen LogP contribution in [-0.4, -0.2) is 38.0 Å². The first-order chi connectivity index (χ1) is 9.59. The zero-order valence-corrected chi connectivity index (χ0v) is 12.5. The SMILES string of the molecule is NCc1cc2c(nc1N1CCS(=O)(=O)CC1)CCCC2. The lowest BCUT2D eigenvalue weighted by Crippen LogP contribution is -2.41. The predicted octanol–water partition coefficient (Wildman–Crippen LogP) is 0.654. The summed E-state index contributed by atoms with van der Waals surface area (Å²) in [6.45, 7) is 1.51. The van der Waals surface area contributed by atoms with E-state index in [0.29, 0.717) is 19.6 Å². The zero-order chi connectivity index (χ0) is 14.2. The van der Waals surface area contributed by atoms with Crippen LogP contribution in [0.1, 0.15) is 29.7 Å². The maximum atomic E-state index is 11.5. The molecule has 3 rings (SSSR count). The van der Waals surface area contributed by atoms with Crippen molar-refractivity contribution in [2.24, 2.45) is 5.73 Å². The summed E-state index contributed by atoms with van der Waals surface area (Å²) in [5.74, 6) is 1.34. The standard InChI is InChI=1S/C14H21N3O2S/c15-10-12-9-11-3-1-2-4-13(11)16-14(12)17-5-7-20(18,19)8-6-17/h9H,1-8,10,15H2. The third-order valence-corrected chi connectivity index (χ3v) is 5.83. The summed E-state index contributed by atoms with van der Waals surface area (Å²) in [6, 6.07) is 2.18. The number of rotatable bonds is 2. The van der Waals surface area contributed by atoms with Gasteiger partial charge in [0.2, 0.25) is 0 Å². The average molecular weight is 295 g/mol. The van der Waals surface area contributed by atoms with Gasteiger partial charge in [-0.25, -0.2) is 13.4 Å². The molecule has 20 heavy (non-hydrogen) atoms. The van der Waals surface area contributed by atoms with Crippen LogP contribution in [0.25, 0.3) is 0 Å². The molecule has 1 aromatic heterocycles. The molecule has 0 aromatic carbocycles. The zero-order valence-electron chi connectivity index (χ0n) is 11.6. The first-order valence-corrected chi connectivity index (χ1v) is 9.08. The van der Waals surface area contributed by atoms with Gasteiger partial charge < -0.3 is 10.6 Å². The summed E-state index contributed by atoms with van der Waals surface area (Å²) < 4.78 is 23.1. The smallest absolute Gasteiger partial charge is 0.153 e. The lowest BCUT2D eigenvalue weighted by Gasteiger charge is -2.30. The van der Waals surface area contributed by atoms with E-state index in [2.05, 4.69) is 11.0 Å². The monoisotopic (exact) mass is 295 g/mol. The highest BCUT2D eigenvalue weighted by Gasteiger charge is 2.25. The third kappa shape index (κ3) is 2.67. The summed E-state index contributed by atoms with van der Waals surface area (Å²) in [6.07, 6.45) is 4.53. The molecule has 1 aromatic rings. The Kier molecular flexibility index (Phi) is 3.69. The highest BCUT2D eigenvalue weighted by molar-refractivity contribution is 7.91. The van der Waals surface area contributed by atoms with Gasteiger partial charge in [0.25, 0.3) is 0 Å². The van der Waals surface area contributed by atoms with Gasteiger partial charge in [-0.2, -0.15) is 0 Å². The van der Waals surface area contributed by atoms with Gasteiger partial charge in [0.05, 0.1) is 11.5 Å². The molecule has 0 radical (unpaired) electrons. The molecular weight excluding hydrogens is 274 g/mol. The van der Waals surface area contributed by atoms with Crippen LogP contribution in [0.3, 0.4) is 0 Å². The first-order valence-electron chi connectivity index (χ1n) is 7.26. The second-order valence-corrected chi connectivity index (χ2v) is 7.93. The van der Waals surface area contributed by atoms with Crippen molar-refractivity contribution in [2.45, 2.75) is 32.2 Å². The van der Waals surface area contributed by atoms with Gasteiger partial charge in [-0.05, 0) is 37.3 Å². The van der Waals surface area contributed by atoms with Crippen LogP contribution < -0.4 is 10.6 Å². The molecule has 1 fully saturated rings. The second kappa shape index (κ2) is 5.33. The molecule has 2 aliphatic rings. The van der Waals surface area contributed by atoms with Gasteiger partial charge in [0.15, 0.2) is 9.84 Å². The number of aromatic nitrogens is 1. The van der Waals surface area contributed by atoms with Crippen molar-refractivity contribution in [2.75, 3.05) is 29.5 Å². The van der Waals surface area contributed by atoms with E-state index in [1.54, 1.807) is 0 Å². The van der Waals surface area contributed by atoms with Crippen LogP contribution >= 0.6 is 0 Å². The molecule has 1 aliphatic carbocycles. The van der Waals surface area contributed by atoms with Gasteiger partial charge in [0, 0.05) is 30.9 Å². The molecule has 0 atom stereocenters. The van der Waals surface area contributed by atoms with E-state index < -0.39 is 9.84 Å². The summed E-state index contributed by atoms with van der Waals surface area (Å²) in [5, 5.41) is 0. The van der Waals surface area contributed by atoms with E-state index in [0.717, 1.165) is 24.2 Å². The number of aryl methyl sites for hydroxylation is 2. The van der Waals surface area contributed by atoms with Crippen LogP contribution in [0.5, 0.6) is 0 Å². The number of pyridine rings is 1. The molecule has 2 N–H and O–H groups in total. The number of hydrogen-bond acceptors (Lipinski definition) is 5. The predicted molar refractivity (Wildman–Crippen MR) is 79.6 cm³/mol. The molecule has 1 saturated heterocycles. The summed E-state index contributed by atoms with van der Waals surface area (Å²) in [5.41, 5.74) is 9.41. The Morgan fingerprint density at radius 3 is 2.60 bits per heavy atom. The Labute approximate surface area is 120 Å². The number of anilines is 1. The van der Waals surface area contributed by atoms with Gasteiger partial charge in [-0.1, -0.05) is 0 Å². The minimum atomic E-state index is -2.86. The molecule has 1 aliphatic heterocycles. The molecule has 5 nitrogen and oxygen atoms in total. The molecule has 110 valence electrons. The Morgan fingerprint density at radius 2 is 1.90 bits per heavy atom. The van der Waals surface area contributed by atoms with Crippen LogP contribution in [0.4, 0.5) is 5.82 Å². The molecule has 0 unspecified atom stereocenters. The quantitative estimate of drug-likeness (QED) is 0.867. The van der Waals surface area contributed by atoms with Crippen molar-refractivity contribution in [1.82, 2.24) is 4.98 Å². The molecule has 2 heterocycles. The first kappa shape index (κ1) is 13.8. The molecule has 0 bridgehead atoms. The van der Waals surface area contributed by atoms with Gasteiger partial charge in [-0.15, -0.1) is 0 Å². The number of hydrogen-bond donors (Lipinski definition) is 1. The maximum Gasteiger partial charge on any atom is 0.153 e. The van der Waals surface area contributed by atoms with E-state index >= 15 is 0 Å². The Morgan fingerprint density at radius 1 is 1.20 bits per heavy atom. The third-order valence-electron chi connectivity index (χ3n) is 4.22. The fourth-order valence-corrected chi connectivity index (χ4v) is 4.22. The van der Waals surface area contributed by atoms with E-state index in [4.69, 9.17) is 10.7 Å². The van der Waals surface area contributed by atoms with Gasteiger partial charge in [0.1, 0.15) is 5.82 Å². The number of fused-ring (bicyclic) bond motifs is 1. The lowest BCUT2D eigenvalue weighted by atomic mass is 9.94. The number of nitrogens with zero attached hydrogens (tertiary/aromatic N) is 2. The van der Waals surface area contributed by atoms with Crippen LogP contribution in [-0.2, 0) is 29.2 Å². The maximum absolute atomic E-state index is 11.5. The van der Waals surface area contributed by atoms with Crippen molar-refractivity contribution < 1.29 is 8.42 Å². The van der Waals surface area contributed by atoms with E-state index in [9.17, 15) is 8.42 Å². The van der Waals surface area contributed by atoms with E-state index in [1.165, 1.54) is 24.1 Å². The Balaban J connectivity index is 1.92. The summed E-state index contributed by atoms with van der Waals surface area (Å²) >= 11 is 0. The molecule has 6 heteroatoms. The topological polar surface area (TPSA) is 76.3 Å². The molecule has 0 saturated carbocycles. The Hall–Kier alpha value is -1.14. The van der Waals surface area contributed by atoms with E-state index in [1.807, 2.05) is 0 Å². The van der Waals surface area contributed by atoms with Crippen molar-refractivity contribution in [1.29, 1.82) is 0 Å². The average Bonchev–Trinajstić information content (AvgIpc) is 2.46. The van der Waals surface area contributed by atoms with Crippen molar-refractivity contribution in [3.8, 4) is 0 Å². The van der Waals surface area contributed by atoms with Crippen LogP contribution in [0.2, 0.25) is 0 Å². The van der Waals surface area contributed by atoms with E-state index in [-0.39, 0.29) is 11.5 Å². The van der Waals surface area contributed by atoms with Gasteiger partial charge >= 0.3 is 0 Å². The van der Waals surface area contributed by atoms with Crippen molar-refractivity contribution >= 4 is 15.7 Å². The summed E-state index contributed by atoms with van der Waals surface area (Å²) in [4.78, 5) is 6.89. The van der Waals surface area contributed by atoms with Crippen LogP contribution in [0.15, 0.2) is 6.07 Å². The number of nitrogens with two attached hydrogens (primary N) is 1. The normalized spacial score (nSPS) is 21.6.